The zero-order valence-corrected chi connectivity index (χ0v) is 10.6. The Kier molecular flexibility index (Phi) is 3.87. The fourth-order valence-corrected chi connectivity index (χ4v) is 2.46. The van der Waals surface area contributed by atoms with Crippen molar-refractivity contribution in [3.8, 4) is 0 Å². The number of benzene rings is 1. The van der Waals surface area contributed by atoms with Crippen molar-refractivity contribution in [3.05, 3.63) is 29.3 Å². The Morgan fingerprint density at radius 2 is 1.85 bits per heavy atom. The molecule has 5 nitrogen and oxygen atoms in total. The van der Waals surface area contributed by atoms with Crippen LogP contribution < -0.4 is 10.6 Å². The molecule has 1 aliphatic rings. The predicted molar refractivity (Wildman–Crippen MR) is 67.5 cm³/mol. The average Bonchev–Trinajstić information content (AvgIpc) is 2.38. The number of hydrogen-bond donors (Lipinski definition) is 2. The minimum atomic E-state index is -1.42. The number of carbonyl (C=O) groups excluding carboxylic acids is 1. The Morgan fingerprint density at radius 3 is 2.35 bits per heavy atom. The van der Waals surface area contributed by atoms with Gasteiger partial charge in [-0.05, 0) is 31.4 Å². The van der Waals surface area contributed by atoms with Gasteiger partial charge >= 0.3 is 5.97 Å². The van der Waals surface area contributed by atoms with Crippen molar-refractivity contribution in [1.29, 1.82) is 0 Å². The van der Waals surface area contributed by atoms with Gasteiger partial charge in [0.25, 0.3) is 0 Å². The van der Waals surface area contributed by atoms with Gasteiger partial charge < -0.3 is 15.7 Å². The average molecular weight is 284 g/mol. The molecule has 1 aliphatic heterocycles. The molecule has 20 heavy (non-hydrogen) atoms. The fourth-order valence-electron chi connectivity index (χ4n) is 2.46. The quantitative estimate of drug-likeness (QED) is 0.881. The Labute approximate surface area is 114 Å². The lowest BCUT2D eigenvalue weighted by molar-refractivity contribution is -0.119. The Morgan fingerprint density at radius 1 is 1.25 bits per heavy atom. The Hall–Kier alpha value is -2.18. The molecule has 0 radical (unpaired) electrons. The van der Waals surface area contributed by atoms with Gasteiger partial charge in [0.05, 0.1) is 5.56 Å². The van der Waals surface area contributed by atoms with Crippen LogP contribution in [0.5, 0.6) is 0 Å². The summed E-state index contributed by atoms with van der Waals surface area (Å²) >= 11 is 0. The van der Waals surface area contributed by atoms with Gasteiger partial charge in [0.2, 0.25) is 5.91 Å². The van der Waals surface area contributed by atoms with E-state index in [-0.39, 0.29) is 0 Å². The van der Waals surface area contributed by atoms with E-state index >= 15 is 0 Å². The number of nitrogens with zero attached hydrogens (tertiary/aromatic N) is 1. The zero-order valence-electron chi connectivity index (χ0n) is 10.6. The number of carboxylic acids is 1. The number of rotatable bonds is 3. The molecular formula is C13H14F2N2O3. The van der Waals surface area contributed by atoms with Crippen molar-refractivity contribution in [2.45, 2.75) is 25.3 Å². The third-order valence-corrected chi connectivity index (χ3v) is 3.38. The molecule has 0 aromatic heterocycles. The van der Waals surface area contributed by atoms with E-state index < -0.39 is 40.8 Å². The van der Waals surface area contributed by atoms with Gasteiger partial charge in [0.1, 0.15) is 23.4 Å². The van der Waals surface area contributed by atoms with Gasteiger partial charge in [-0.25, -0.2) is 13.6 Å². The first-order chi connectivity index (χ1) is 9.41. The molecule has 2 rings (SSSR count). The molecule has 7 heteroatoms. The maximum absolute atomic E-state index is 14.0. The van der Waals surface area contributed by atoms with Gasteiger partial charge in [0, 0.05) is 6.54 Å². The van der Waals surface area contributed by atoms with E-state index in [1.807, 2.05) is 0 Å². The number of amides is 1. The first kappa shape index (κ1) is 14.2. The highest BCUT2D eigenvalue weighted by Gasteiger charge is 2.31. The molecular weight excluding hydrogens is 270 g/mol. The highest BCUT2D eigenvalue weighted by atomic mass is 19.1. The van der Waals surface area contributed by atoms with Crippen LogP contribution in [-0.2, 0) is 4.79 Å². The molecule has 1 amide bonds. The van der Waals surface area contributed by atoms with Crippen LogP contribution in [0, 0.1) is 11.6 Å². The summed E-state index contributed by atoms with van der Waals surface area (Å²) in [6, 6.07) is 0.712. The number of hydrogen-bond acceptors (Lipinski definition) is 3. The maximum Gasteiger partial charge on any atom is 0.335 e. The van der Waals surface area contributed by atoms with Crippen molar-refractivity contribution in [2.75, 3.05) is 11.4 Å². The number of halogens is 2. The van der Waals surface area contributed by atoms with Gasteiger partial charge in [-0.2, -0.15) is 0 Å². The van der Waals surface area contributed by atoms with E-state index in [1.54, 1.807) is 0 Å². The summed E-state index contributed by atoms with van der Waals surface area (Å²) in [5.74, 6) is -4.07. The number of carbonyl (C=O) groups is 2. The minimum Gasteiger partial charge on any atom is -0.478 e. The fraction of sp³-hybridized carbons (Fsp3) is 0.385. The predicted octanol–water partition coefficient (Wildman–Crippen LogP) is 1.51. The lowest BCUT2D eigenvalue weighted by Crippen LogP contribution is -2.48. The summed E-state index contributed by atoms with van der Waals surface area (Å²) in [5, 5.41) is 8.75. The highest BCUT2D eigenvalue weighted by molar-refractivity contribution is 5.89. The summed E-state index contributed by atoms with van der Waals surface area (Å²) in [5.41, 5.74) is 4.39. The molecule has 0 saturated carbocycles. The molecule has 1 unspecified atom stereocenters. The molecule has 1 saturated heterocycles. The summed E-state index contributed by atoms with van der Waals surface area (Å²) in [6.45, 7) is 0.299. The standard InChI is InChI=1S/C13H14F2N2O3/c14-8-5-7(13(19)20)6-9(15)11(8)17-4-2-1-3-10(17)12(16)18/h5-6,10H,1-4H2,(H2,16,18)(H,19,20). The summed E-state index contributed by atoms with van der Waals surface area (Å²) < 4.78 is 28.0. The number of piperidine rings is 1. The summed E-state index contributed by atoms with van der Waals surface area (Å²) in [4.78, 5) is 23.4. The summed E-state index contributed by atoms with van der Waals surface area (Å²) in [7, 11) is 0. The normalized spacial score (nSPS) is 18.9. The van der Waals surface area contributed by atoms with Crippen LogP contribution in [0.2, 0.25) is 0 Å². The smallest absolute Gasteiger partial charge is 0.335 e. The number of nitrogens with two attached hydrogens (primary N) is 1. The van der Waals surface area contributed by atoms with E-state index in [9.17, 15) is 18.4 Å². The third-order valence-electron chi connectivity index (χ3n) is 3.38. The second kappa shape index (κ2) is 5.44. The molecule has 1 fully saturated rings. The number of carboxylic acid groups (broad SMARTS) is 1. The van der Waals surface area contributed by atoms with E-state index in [1.165, 1.54) is 4.90 Å². The van der Waals surface area contributed by atoms with Gasteiger partial charge in [-0.15, -0.1) is 0 Å². The van der Waals surface area contributed by atoms with Crippen LogP contribution in [0.25, 0.3) is 0 Å². The van der Waals surface area contributed by atoms with Crippen LogP contribution in [0.4, 0.5) is 14.5 Å². The Bertz CT molecular complexity index is 540. The SMILES string of the molecule is NC(=O)C1CCCCN1c1c(F)cc(C(=O)O)cc1F. The molecule has 3 N–H and O–H groups in total. The maximum atomic E-state index is 14.0. The number of primary amides is 1. The largest absolute Gasteiger partial charge is 0.478 e. The molecule has 108 valence electrons. The molecule has 0 bridgehead atoms. The van der Waals surface area contributed by atoms with Crippen molar-refractivity contribution >= 4 is 17.6 Å². The first-order valence-corrected chi connectivity index (χ1v) is 6.20. The van der Waals surface area contributed by atoms with E-state index in [4.69, 9.17) is 10.8 Å². The molecule has 0 spiro atoms. The van der Waals surface area contributed by atoms with Crippen molar-refractivity contribution < 1.29 is 23.5 Å². The lowest BCUT2D eigenvalue weighted by atomic mass is 10.00. The minimum absolute atomic E-state index is 0.299. The monoisotopic (exact) mass is 284 g/mol. The van der Waals surface area contributed by atoms with Crippen LogP contribution >= 0.6 is 0 Å². The highest BCUT2D eigenvalue weighted by Crippen LogP contribution is 2.30. The van der Waals surface area contributed by atoms with E-state index in [0.717, 1.165) is 18.6 Å². The second-order valence-corrected chi connectivity index (χ2v) is 4.70. The van der Waals surface area contributed by atoms with Crippen LogP contribution in [0.15, 0.2) is 12.1 Å². The van der Waals surface area contributed by atoms with E-state index in [2.05, 4.69) is 0 Å². The Balaban J connectivity index is 2.45. The zero-order chi connectivity index (χ0) is 14.9. The van der Waals surface area contributed by atoms with Gasteiger partial charge in [-0.3, -0.25) is 4.79 Å². The van der Waals surface area contributed by atoms with Gasteiger partial charge in [-0.1, -0.05) is 0 Å². The topological polar surface area (TPSA) is 83.6 Å². The second-order valence-electron chi connectivity index (χ2n) is 4.70. The number of aromatic carboxylic acids is 1. The number of anilines is 1. The summed E-state index contributed by atoms with van der Waals surface area (Å²) in [6.07, 6.45) is 1.86. The van der Waals surface area contributed by atoms with E-state index in [0.29, 0.717) is 19.4 Å². The van der Waals surface area contributed by atoms with Crippen LogP contribution in [0.1, 0.15) is 29.6 Å². The van der Waals surface area contributed by atoms with Crippen molar-refractivity contribution in [2.24, 2.45) is 5.73 Å². The molecule has 1 heterocycles. The van der Waals surface area contributed by atoms with Crippen LogP contribution in [0.3, 0.4) is 0 Å². The lowest BCUT2D eigenvalue weighted by Gasteiger charge is -2.35. The van der Waals surface area contributed by atoms with Crippen molar-refractivity contribution in [3.63, 3.8) is 0 Å². The first-order valence-electron chi connectivity index (χ1n) is 6.20. The molecule has 1 aromatic carbocycles. The molecule has 1 atom stereocenters. The third kappa shape index (κ3) is 2.56. The molecule has 0 aliphatic carbocycles. The van der Waals surface area contributed by atoms with Crippen molar-refractivity contribution in [1.82, 2.24) is 0 Å². The molecule has 1 aromatic rings. The van der Waals surface area contributed by atoms with Gasteiger partial charge in [0.15, 0.2) is 0 Å². The van der Waals surface area contributed by atoms with Crippen LogP contribution in [-0.4, -0.2) is 29.6 Å².